The maximum atomic E-state index is 11.6. The van der Waals surface area contributed by atoms with E-state index in [0.717, 1.165) is 31.2 Å². The molecule has 1 unspecified atom stereocenters. The summed E-state index contributed by atoms with van der Waals surface area (Å²) in [5, 5.41) is 19.5. The molecule has 0 amide bonds. The van der Waals surface area contributed by atoms with Gasteiger partial charge in [-0.25, -0.2) is 4.79 Å². The maximum Gasteiger partial charge on any atom is 0.339 e. The lowest BCUT2D eigenvalue weighted by Gasteiger charge is -2.17. The van der Waals surface area contributed by atoms with Gasteiger partial charge in [-0.3, -0.25) is 0 Å². The van der Waals surface area contributed by atoms with Crippen molar-refractivity contribution in [1.82, 2.24) is 0 Å². The highest BCUT2D eigenvalue weighted by atomic mass is 16.5. The highest BCUT2D eigenvalue weighted by molar-refractivity contribution is 5.93. The second kappa shape index (κ2) is 8.59. The zero-order valence-corrected chi connectivity index (χ0v) is 13.7. The highest BCUT2D eigenvalue weighted by Gasteiger charge is 2.21. The molecule has 1 rings (SSSR count). The summed E-state index contributed by atoms with van der Waals surface area (Å²) in [7, 11) is 1.47. The lowest BCUT2D eigenvalue weighted by molar-refractivity contribution is 0.0691. The van der Waals surface area contributed by atoms with Crippen LogP contribution in [0, 0.1) is 0 Å². The molecule has 0 heterocycles. The van der Waals surface area contributed by atoms with E-state index in [-0.39, 0.29) is 5.56 Å². The second-order valence-electron chi connectivity index (χ2n) is 5.62. The van der Waals surface area contributed by atoms with Gasteiger partial charge in [-0.1, -0.05) is 44.1 Å². The molecule has 4 nitrogen and oxygen atoms in total. The molecule has 122 valence electrons. The summed E-state index contributed by atoms with van der Waals surface area (Å²) < 4.78 is 5.34. The Kier molecular flexibility index (Phi) is 7.12. The first kappa shape index (κ1) is 18.2. The highest BCUT2D eigenvalue weighted by Crippen LogP contribution is 2.30. The zero-order chi connectivity index (χ0) is 16.7. The average Bonchev–Trinajstić information content (AvgIpc) is 2.47. The van der Waals surface area contributed by atoms with Crippen LogP contribution in [0.1, 0.15) is 54.6 Å². The number of ether oxygens (including phenoxy) is 1. The van der Waals surface area contributed by atoms with Crippen molar-refractivity contribution in [2.45, 2.75) is 52.1 Å². The van der Waals surface area contributed by atoms with Crippen molar-refractivity contribution in [1.29, 1.82) is 0 Å². The fraction of sp³-hybridized carbons (Fsp3) is 0.500. The maximum absolute atomic E-state index is 11.6. The van der Waals surface area contributed by atoms with Gasteiger partial charge in [0.25, 0.3) is 0 Å². The van der Waals surface area contributed by atoms with Crippen LogP contribution in [0.25, 0.3) is 0 Å². The summed E-state index contributed by atoms with van der Waals surface area (Å²) in [6.45, 7) is 7.58. The van der Waals surface area contributed by atoms with Gasteiger partial charge >= 0.3 is 5.97 Å². The molecule has 1 aromatic carbocycles. The van der Waals surface area contributed by atoms with Gasteiger partial charge in [0.15, 0.2) is 0 Å². The summed E-state index contributed by atoms with van der Waals surface area (Å²) in [6.07, 6.45) is 3.41. The second-order valence-corrected chi connectivity index (χ2v) is 5.62. The standard InChI is InChI=1S/C18H26O4/c1-5-6-7-8-13-9-10-14(11-15(19)12(2)3)17(22-4)16(13)18(20)21/h9-10,15,19H,2,5-8,11H2,1,3-4H3,(H,20,21). The number of carboxylic acids is 1. The minimum atomic E-state index is -0.991. The third-order valence-corrected chi connectivity index (χ3v) is 3.78. The number of carbonyl (C=O) groups is 1. The van der Waals surface area contributed by atoms with Gasteiger partial charge in [0.2, 0.25) is 0 Å². The van der Waals surface area contributed by atoms with E-state index in [0.29, 0.717) is 23.3 Å². The van der Waals surface area contributed by atoms with E-state index < -0.39 is 12.1 Å². The van der Waals surface area contributed by atoms with Gasteiger partial charge in [0.1, 0.15) is 11.3 Å². The Morgan fingerprint density at radius 3 is 2.45 bits per heavy atom. The van der Waals surface area contributed by atoms with Crippen LogP contribution in [-0.4, -0.2) is 29.4 Å². The van der Waals surface area contributed by atoms with Crippen LogP contribution < -0.4 is 4.74 Å². The van der Waals surface area contributed by atoms with Crippen molar-refractivity contribution >= 4 is 5.97 Å². The van der Waals surface area contributed by atoms with Crippen molar-refractivity contribution in [2.24, 2.45) is 0 Å². The van der Waals surface area contributed by atoms with Crippen molar-refractivity contribution in [3.8, 4) is 5.75 Å². The van der Waals surface area contributed by atoms with Crippen LogP contribution in [0.2, 0.25) is 0 Å². The number of hydrogen-bond acceptors (Lipinski definition) is 3. The molecule has 0 radical (unpaired) electrons. The molecule has 0 saturated heterocycles. The zero-order valence-electron chi connectivity index (χ0n) is 13.7. The van der Waals surface area contributed by atoms with Crippen LogP contribution >= 0.6 is 0 Å². The summed E-state index contributed by atoms with van der Waals surface area (Å²) in [6, 6.07) is 3.68. The molecule has 0 aliphatic heterocycles. The van der Waals surface area contributed by atoms with Crippen molar-refractivity contribution < 1.29 is 19.7 Å². The Hall–Kier alpha value is -1.81. The number of rotatable bonds is 9. The van der Waals surface area contributed by atoms with Gasteiger partial charge in [-0.15, -0.1) is 0 Å². The van der Waals surface area contributed by atoms with Crippen LogP contribution in [0.3, 0.4) is 0 Å². The Labute approximate surface area is 132 Å². The summed E-state index contributed by atoms with van der Waals surface area (Å²) in [5.41, 5.74) is 2.33. The quantitative estimate of drug-likeness (QED) is 0.540. The Balaban J connectivity index is 3.18. The summed E-state index contributed by atoms with van der Waals surface area (Å²) >= 11 is 0. The molecule has 0 aliphatic rings. The average molecular weight is 306 g/mol. The van der Waals surface area contributed by atoms with Gasteiger partial charge in [-0.2, -0.15) is 0 Å². The first-order valence-corrected chi connectivity index (χ1v) is 7.67. The fourth-order valence-electron chi connectivity index (χ4n) is 2.45. The molecule has 0 fully saturated rings. The molecule has 0 aromatic heterocycles. The van der Waals surface area contributed by atoms with Gasteiger partial charge in [0, 0.05) is 6.42 Å². The van der Waals surface area contributed by atoms with E-state index in [4.69, 9.17) is 4.74 Å². The molecule has 0 bridgehead atoms. The monoisotopic (exact) mass is 306 g/mol. The topological polar surface area (TPSA) is 66.8 Å². The number of aromatic carboxylic acids is 1. The third kappa shape index (κ3) is 4.60. The fourth-order valence-corrected chi connectivity index (χ4v) is 2.45. The number of aliphatic hydroxyl groups is 1. The lowest BCUT2D eigenvalue weighted by atomic mass is 9.94. The normalized spacial score (nSPS) is 12.0. The van der Waals surface area contributed by atoms with E-state index in [2.05, 4.69) is 13.5 Å². The predicted molar refractivity (Wildman–Crippen MR) is 87.7 cm³/mol. The van der Waals surface area contributed by atoms with E-state index in [9.17, 15) is 15.0 Å². The van der Waals surface area contributed by atoms with Crippen molar-refractivity contribution in [3.63, 3.8) is 0 Å². The first-order valence-electron chi connectivity index (χ1n) is 7.67. The molecule has 0 saturated carbocycles. The number of carboxylic acid groups (broad SMARTS) is 1. The SMILES string of the molecule is C=C(C)C(O)Cc1ccc(CCCCC)c(C(=O)O)c1OC. The Morgan fingerprint density at radius 1 is 1.32 bits per heavy atom. The number of hydrogen-bond donors (Lipinski definition) is 2. The third-order valence-electron chi connectivity index (χ3n) is 3.78. The molecular formula is C18H26O4. The van der Waals surface area contributed by atoms with Crippen molar-refractivity contribution in [3.05, 3.63) is 41.0 Å². The van der Waals surface area contributed by atoms with Crippen molar-refractivity contribution in [2.75, 3.05) is 7.11 Å². The van der Waals surface area contributed by atoms with Crippen LogP contribution in [-0.2, 0) is 12.8 Å². The van der Waals surface area contributed by atoms with Crippen LogP contribution in [0.15, 0.2) is 24.3 Å². The largest absolute Gasteiger partial charge is 0.496 e. The minimum Gasteiger partial charge on any atom is -0.496 e. The van der Waals surface area contributed by atoms with Crippen LogP contribution in [0.5, 0.6) is 5.75 Å². The van der Waals surface area contributed by atoms with E-state index >= 15 is 0 Å². The van der Waals surface area contributed by atoms with Crippen LogP contribution in [0.4, 0.5) is 0 Å². The number of benzene rings is 1. The minimum absolute atomic E-state index is 0.213. The summed E-state index contributed by atoms with van der Waals surface area (Å²) in [4.78, 5) is 11.6. The molecular weight excluding hydrogens is 280 g/mol. The Bertz CT molecular complexity index is 534. The van der Waals surface area contributed by atoms with E-state index in [1.807, 2.05) is 12.1 Å². The lowest BCUT2D eigenvalue weighted by Crippen LogP contribution is -2.14. The van der Waals surface area contributed by atoms with Gasteiger partial charge in [0.05, 0.1) is 13.2 Å². The smallest absolute Gasteiger partial charge is 0.339 e. The first-order chi connectivity index (χ1) is 10.4. The molecule has 1 atom stereocenters. The number of unbranched alkanes of at least 4 members (excludes halogenated alkanes) is 2. The van der Waals surface area contributed by atoms with E-state index in [1.54, 1.807) is 6.92 Å². The molecule has 4 heteroatoms. The molecule has 1 aromatic rings. The molecule has 0 aliphatic carbocycles. The number of aryl methyl sites for hydroxylation is 1. The number of methoxy groups -OCH3 is 1. The number of aliphatic hydroxyl groups excluding tert-OH is 1. The van der Waals surface area contributed by atoms with E-state index in [1.165, 1.54) is 7.11 Å². The molecule has 0 spiro atoms. The predicted octanol–water partition coefficient (Wildman–Crippen LogP) is 3.61. The summed E-state index contributed by atoms with van der Waals surface area (Å²) in [5.74, 6) is -0.642. The van der Waals surface area contributed by atoms with Gasteiger partial charge in [-0.05, 0) is 30.9 Å². The molecule has 22 heavy (non-hydrogen) atoms. The van der Waals surface area contributed by atoms with Gasteiger partial charge < -0.3 is 14.9 Å². The Morgan fingerprint density at radius 2 is 1.95 bits per heavy atom. The molecule has 2 N–H and O–H groups in total.